The van der Waals surface area contributed by atoms with Crippen molar-refractivity contribution in [2.75, 3.05) is 5.32 Å². The summed E-state index contributed by atoms with van der Waals surface area (Å²) in [7, 11) is 0. The van der Waals surface area contributed by atoms with Crippen LogP contribution < -0.4 is 5.32 Å². The summed E-state index contributed by atoms with van der Waals surface area (Å²) in [6.07, 6.45) is 4.14. The van der Waals surface area contributed by atoms with Gasteiger partial charge in [-0.15, -0.1) is 10.2 Å². The number of amides is 1. The van der Waals surface area contributed by atoms with E-state index in [1.165, 1.54) is 6.07 Å². The van der Waals surface area contributed by atoms with Crippen LogP contribution in [0.3, 0.4) is 0 Å². The number of nitrogens with zero attached hydrogens (tertiary/aromatic N) is 4. The summed E-state index contributed by atoms with van der Waals surface area (Å²) in [5.41, 5.74) is 2.83. The van der Waals surface area contributed by atoms with E-state index in [1.807, 2.05) is 6.07 Å². The molecule has 7 heteroatoms. The van der Waals surface area contributed by atoms with E-state index in [4.69, 9.17) is 0 Å². The molecule has 0 spiro atoms. The zero-order valence-electron chi connectivity index (χ0n) is 18.5. The van der Waals surface area contributed by atoms with Gasteiger partial charge in [0.05, 0.1) is 17.3 Å². The lowest BCUT2D eigenvalue weighted by atomic mass is 9.95. The van der Waals surface area contributed by atoms with Gasteiger partial charge >= 0.3 is 0 Å². The van der Waals surface area contributed by atoms with Gasteiger partial charge in [-0.25, -0.2) is 4.39 Å². The maximum Gasteiger partial charge on any atom is 0.256 e. The van der Waals surface area contributed by atoms with Crippen molar-refractivity contribution >= 4 is 11.6 Å². The molecule has 0 unspecified atom stereocenters. The molecule has 0 atom stereocenters. The lowest BCUT2D eigenvalue weighted by Crippen LogP contribution is -2.14. The Morgan fingerprint density at radius 3 is 2.62 bits per heavy atom. The number of carbonyl (C=O) groups is 1. The van der Waals surface area contributed by atoms with E-state index in [1.54, 1.807) is 54.6 Å². The number of aryl methyl sites for hydroxylation is 1. The third kappa shape index (κ3) is 4.06. The highest BCUT2D eigenvalue weighted by Gasteiger charge is 2.19. The summed E-state index contributed by atoms with van der Waals surface area (Å²) in [5, 5.41) is 20.9. The van der Waals surface area contributed by atoms with E-state index in [0.717, 1.165) is 38.1 Å². The number of anilines is 1. The maximum absolute atomic E-state index is 14.7. The summed E-state index contributed by atoms with van der Waals surface area (Å²) in [6, 6.07) is 20.8. The summed E-state index contributed by atoms with van der Waals surface area (Å²) in [4.78, 5) is 13.2. The average Bonchev–Trinajstić information content (AvgIpc) is 3.13. The van der Waals surface area contributed by atoms with E-state index >= 15 is 0 Å². The molecule has 6 nitrogen and oxygen atoms in total. The molecule has 1 N–H and O–H groups in total. The number of nitrogens with one attached hydrogen (secondary N) is 1. The van der Waals surface area contributed by atoms with E-state index in [-0.39, 0.29) is 5.69 Å². The van der Waals surface area contributed by atoms with Crippen LogP contribution in [0.5, 0.6) is 0 Å². The first-order valence-electron chi connectivity index (χ1n) is 11.3. The molecule has 34 heavy (non-hydrogen) atoms. The SMILES string of the molecule is N#Cc1ccccc1-c1ccccc1C(=O)Nc1cc(-c2nnc3n2CCCCC3)ccc1F. The van der Waals surface area contributed by atoms with Gasteiger partial charge in [-0.1, -0.05) is 42.8 Å². The van der Waals surface area contributed by atoms with Crippen molar-refractivity contribution in [1.82, 2.24) is 14.8 Å². The van der Waals surface area contributed by atoms with Crippen molar-refractivity contribution < 1.29 is 9.18 Å². The molecule has 0 bridgehead atoms. The average molecular weight is 452 g/mol. The Hall–Kier alpha value is -4.31. The smallest absolute Gasteiger partial charge is 0.256 e. The Morgan fingerprint density at radius 1 is 0.971 bits per heavy atom. The minimum atomic E-state index is -0.539. The number of hydrogen-bond donors (Lipinski definition) is 1. The van der Waals surface area contributed by atoms with Crippen LogP contribution in [0.25, 0.3) is 22.5 Å². The quantitative estimate of drug-likeness (QED) is 0.438. The van der Waals surface area contributed by atoms with E-state index in [2.05, 4.69) is 26.2 Å². The molecule has 4 aromatic rings. The van der Waals surface area contributed by atoms with E-state index < -0.39 is 11.7 Å². The molecular weight excluding hydrogens is 429 g/mol. The Bertz CT molecular complexity index is 1420. The molecule has 168 valence electrons. The van der Waals surface area contributed by atoms with Crippen LogP contribution in [0.2, 0.25) is 0 Å². The highest BCUT2D eigenvalue weighted by Crippen LogP contribution is 2.30. The molecule has 0 aliphatic carbocycles. The summed E-state index contributed by atoms with van der Waals surface area (Å²) in [6.45, 7) is 0.822. The second kappa shape index (κ2) is 9.28. The number of aromatic nitrogens is 3. The number of fused-ring (bicyclic) bond motifs is 1. The Labute approximate surface area is 196 Å². The Kier molecular flexibility index (Phi) is 5.88. The third-order valence-corrected chi connectivity index (χ3v) is 6.09. The molecule has 3 aromatic carbocycles. The van der Waals surface area contributed by atoms with E-state index in [0.29, 0.717) is 33.6 Å². The molecular formula is C27H22FN5O. The Morgan fingerprint density at radius 2 is 1.76 bits per heavy atom. The van der Waals surface area contributed by atoms with Crippen molar-refractivity contribution in [3.8, 4) is 28.6 Å². The van der Waals surface area contributed by atoms with Crippen LogP contribution in [0.1, 0.15) is 41.0 Å². The topological polar surface area (TPSA) is 83.6 Å². The van der Waals surface area contributed by atoms with Crippen molar-refractivity contribution in [3.63, 3.8) is 0 Å². The molecule has 0 saturated carbocycles. The second-order valence-corrected chi connectivity index (χ2v) is 8.25. The van der Waals surface area contributed by atoms with Crippen LogP contribution in [0.15, 0.2) is 66.7 Å². The minimum absolute atomic E-state index is 0.0665. The maximum atomic E-state index is 14.7. The molecule has 1 amide bonds. The molecule has 1 aromatic heterocycles. The second-order valence-electron chi connectivity index (χ2n) is 8.25. The number of halogens is 1. The fourth-order valence-corrected chi connectivity index (χ4v) is 4.38. The number of hydrogen-bond acceptors (Lipinski definition) is 4. The van der Waals surface area contributed by atoms with Crippen molar-refractivity contribution in [1.29, 1.82) is 5.26 Å². The van der Waals surface area contributed by atoms with Crippen LogP contribution in [-0.4, -0.2) is 20.7 Å². The number of carbonyl (C=O) groups excluding carboxylic acids is 1. The fourth-order valence-electron chi connectivity index (χ4n) is 4.38. The zero-order valence-corrected chi connectivity index (χ0v) is 18.5. The standard InChI is InChI=1S/C27H22FN5O/c28-23-14-13-18(26-32-31-25-12-2-1-7-15-33(25)26)16-24(23)30-27(34)22-11-6-5-10-21(22)20-9-4-3-8-19(20)17-29/h3-6,8-11,13-14,16H,1-2,7,12,15H2,(H,30,34). The first-order chi connectivity index (χ1) is 16.7. The van der Waals surface area contributed by atoms with Gasteiger partial charge in [0.1, 0.15) is 11.6 Å². The summed E-state index contributed by atoms with van der Waals surface area (Å²) >= 11 is 0. The van der Waals surface area contributed by atoms with Gasteiger partial charge in [0.15, 0.2) is 5.82 Å². The number of benzene rings is 3. The van der Waals surface area contributed by atoms with Gasteiger partial charge in [0.25, 0.3) is 5.91 Å². The van der Waals surface area contributed by atoms with E-state index in [9.17, 15) is 14.4 Å². The van der Waals surface area contributed by atoms with Crippen LogP contribution >= 0.6 is 0 Å². The molecule has 1 aliphatic heterocycles. The fraction of sp³-hybridized carbons (Fsp3) is 0.185. The van der Waals surface area contributed by atoms with Crippen molar-refractivity contribution in [2.24, 2.45) is 0 Å². The van der Waals surface area contributed by atoms with Crippen LogP contribution in [0.4, 0.5) is 10.1 Å². The van der Waals surface area contributed by atoms with Gasteiger partial charge in [-0.2, -0.15) is 5.26 Å². The van der Waals surface area contributed by atoms with Gasteiger partial charge in [0, 0.05) is 29.7 Å². The minimum Gasteiger partial charge on any atom is -0.319 e. The highest BCUT2D eigenvalue weighted by atomic mass is 19.1. The Balaban J connectivity index is 1.49. The monoisotopic (exact) mass is 451 g/mol. The van der Waals surface area contributed by atoms with Gasteiger partial charge < -0.3 is 9.88 Å². The van der Waals surface area contributed by atoms with Gasteiger partial charge in [-0.3, -0.25) is 4.79 Å². The largest absolute Gasteiger partial charge is 0.319 e. The molecule has 0 saturated heterocycles. The number of rotatable bonds is 4. The predicted octanol–water partition coefficient (Wildman–Crippen LogP) is 5.60. The zero-order chi connectivity index (χ0) is 23.5. The van der Waals surface area contributed by atoms with Crippen LogP contribution in [0, 0.1) is 17.1 Å². The van der Waals surface area contributed by atoms with Gasteiger partial charge in [-0.05, 0) is 48.7 Å². The van der Waals surface area contributed by atoms with Crippen molar-refractivity contribution in [3.05, 3.63) is 89.5 Å². The lowest BCUT2D eigenvalue weighted by Gasteiger charge is -2.13. The van der Waals surface area contributed by atoms with Crippen LogP contribution in [-0.2, 0) is 13.0 Å². The first kappa shape index (κ1) is 21.5. The lowest BCUT2D eigenvalue weighted by molar-refractivity contribution is 0.102. The van der Waals surface area contributed by atoms with Crippen molar-refractivity contribution in [2.45, 2.75) is 32.2 Å². The summed E-state index contributed by atoms with van der Waals surface area (Å²) in [5.74, 6) is 0.616. The number of nitriles is 1. The normalized spacial score (nSPS) is 12.9. The first-order valence-corrected chi connectivity index (χ1v) is 11.3. The molecule has 5 rings (SSSR count). The molecule has 1 aliphatic rings. The third-order valence-electron chi connectivity index (χ3n) is 6.09. The molecule has 0 radical (unpaired) electrons. The molecule has 0 fully saturated rings. The summed E-state index contributed by atoms with van der Waals surface area (Å²) < 4.78 is 16.8. The van der Waals surface area contributed by atoms with Gasteiger partial charge in [0.2, 0.25) is 0 Å². The molecule has 2 heterocycles. The highest BCUT2D eigenvalue weighted by molar-refractivity contribution is 6.09. The predicted molar refractivity (Wildman–Crippen MR) is 128 cm³/mol.